The van der Waals surface area contributed by atoms with Gasteiger partial charge in [-0.3, -0.25) is 0 Å². The van der Waals surface area contributed by atoms with E-state index < -0.39 is 0 Å². The summed E-state index contributed by atoms with van der Waals surface area (Å²) in [5.74, 6) is 0. The molecule has 1 unspecified atom stereocenters. The highest BCUT2D eigenvalue weighted by Gasteiger charge is 2.02. The first kappa shape index (κ1) is 15.9. The van der Waals surface area contributed by atoms with Crippen molar-refractivity contribution >= 4 is 0 Å². The van der Waals surface area contributed by atoms with Crippen LogP contribution in [0.5, 0.6) is 0 Å². The quantitative estimate of drug-likeness (QED) is 0.502. The lowest BCUT2D eigenvalue weighted by Gasteiger charge is -2.09. The molecule has 16 heavy (non-hydrogen) atoms. The summed E-state index contributed by atoms with van der Waals surface area (Å²) in [6, 6.07) is 0. The summed E-state index contributed by atoms with van der Waals surface area (Å²) >= 11 is 0. The zero-order valence-electron chi connectivity index (χ0n) is 11.0. The molecule has 2 N–H and O–H groups in total. The minimum absolute atomic E-state index is 0.0608. The summed E-state index contributed by atoms with van der Waals surface area (Å²) < 4.78 is 0. The van der Waals surface area contributed by atoms with Gasteiger partial charge in [-0.1, -0.05) is 58.3 Å². The van der Waals surface area contributed by atoms with E-state index >= 15 is 0 Å². The van der Waals surface area contributed by atoms with E-state index in [1.54, 1.807) is 0 Å². The van der Waals surface area contributed by atoms with Gasteiger partial charge in [0.1, 0.15) is 0 Å². The van der Waals surface area contributed by atoms with Crippen LogP contribution in [0.2, 0.25) is 0 Å². The lowest BCUT2D eigenvalue weighted by molar-refractivity contribution is 0.148. The van der Waals surface area contributed by atoms with Crippen molar-refractivity contribution in [3.8, 4) is 0 Å². The van der Waals surface area contributed by atoms with Crippen LogP contribution in [0.25, 0.3) is 0 Å². The van der Waals surface area contributed by atoms with E-state index in [-0.39, 0.29) is 6.10 Å². The zero-order valence-corrected chi connectivity index (χ0v) is 11.0. The molecule has 0 radical (unpaired) electrons. The van der Waals surface area contributed by atoms with Crippen LogP contribution in [-0.4, -0.2) is 22.9 Å². The van der Waals surface area contributed by atoms with Crippen LogP contribution in [0.3, 0.4) is 0 Å². The lowest BCUT2D eigenvalue weighted by atomic mass is 10.0. The van der Waals surface area contributed by atoms with Gasteiger partial charge in [-0.05, 0) is 19.3 Å². The smallest absolute Gasteiger partial charge is 0.0540 e. The number of aliphatic hydroxyl groups excluding tert-OH is 2. The Balaban J connectivity index is 3.02. The van der Waals surface area contributed by atoms with Gasteiger partial charge in [0, 0.05) is 6.61 Å². The van der Waals surface area contributed by atoms with Crippen LogP contribution < -0.4 is 0 Å². The summed E-state index contributed by atoms with van der Waals surface area (Å²) in [6.45, 7) is 2.50. The first-order chi connectivity index (χ1) is 7.81. The molecular formula is C14H30O2. The first-order valence-electron chi connectivity index (χ1n) is 7.10. The van der Waals surface area contributed by atoms with Gasteiger partial charge in [-0.2, -0.15) is 0 Å². The van der Waals surface area contributed by atoms with Crippen molar-refractivity contribution in [3.05, 3.63) is 0 Å². The van der Waals surface area contributed by atoms with E-state index in [1.807, 2.05) is 0 Å². The Bertz CT molecular complexity index is 126. The maximum atomic E-state index is 9.63. The summed E-state index contributed by atoms with van der Waals surface area (Å²) in [5.41, 5.74) is 0. The van der Waals surface area contributed by atoms with Crippen molar-refractivity contribution in [1.82, 2.24) is 0 Å². The number of aliphatic hydroxyl groups is 2. The molecule has 0 saturated heterocycles. The van der Waals surface area contributed by atoms with Crippen molar-refractivity contribution in [2.45, 2.75) is 83.7 Å². The van der Waals surface area contributed by atoms with E-state index in [4.69, 9.17) is 5.11 Å². The number of unbranched alkanes of at least 4 members (excludes halogenated alkanes) is 7. The highest BCUT2D eigenvalue weighted by molar-refractivity contribution is 4.56. The van der Waals surface area contributed by atoms with Gasteiger partial charge in [0.15, 0.2) is 0 Å². The van der Waals surface area contributed by atoms with E-state index in [1.165, 1.54) is 38.5 Å². The van der Waals surface area contributed by atoms with Crippen LogP contribution in [0, 0.1) is 0 Å². The molecule has 0 aromatic carbocycles. The largest absolute Gasteiger partial charge is 0.396 e. The Morgan fingerprint density at radius 1 is 0.750 bits per heavy atom. The Kier molecular flexibility index (Phi) is 12.9. The van der Waals surface area contributed by atoms with Crippen molar-refractivity contribution in [1.29, 1.82) is 0 Å². The van der Waals surface area contributed by atoms with Gasteiger partial charge in [0.25, 0.3) is 0 Å². The Morgan fingerprint density at radius 2 is 1.25 bits per heavy atom. The van der Waals surface area contributed by atoms with Crippen molar-refractivity contribution in [2.75, 3.05) is 6.61 Å². The topological polar surface area (TPSA) is 40.5 Å². The van der Waals surface area contributed by atoms with Crippen LogP contribution in [0.15, 0.2) is 0 Å². The van der Waals surface area contributed by atoms with Gasteiger partial charge in [0.2, 0.25) is 0 Å². The molecular weight excluding hydrogens is 200 g/mol. The second kappa shape index (κ2) is 13.0. The number of rotatable bonds is 12. The third-order valence-corrected chi connectivity index (χ3v) is 3.09. The van der Waals surface area contributed by atoms with Crippen LogP contribution in [0.1, 0.15) is 77.6 Å². The second-order valence-electron chi connectivity index (χ2n) is 4.78. The summed E-state index contributed by atoms with van der Waals surface area (Å²) in [4.78, 5) is 0. The van der Waals surface area contributed by atoms with Crippen LogP contribution in [0.4, 0.5) is 0 Å². The molecule has 0 aliphatic carbocycles. The Morgan fingerprint density at radius 3 is 1.81 bits per heavy atom. The third-order valence-electron chi connectivity index (χ3n) is 3.09. The summed E-state index contributed by atoms with van der Waals surface area (Å²) in [5, 5.41) is 18.2. The monoisotopic (exact) mass is 230 g/mol. The van der Waals surface area contributed by atoms with Gasteiger partial charge in [0.05, 0.1) is 6.10 Å². The van der Waals surface area contributed by atoms with Gasteiger partial charge in [-0.15, -0.1) is 0 Å². The molecule has 0 aliphatic heterocycles. The highest BCUT2D eigenvalue weighted by Crippen LogP contribution is 2.12. The normalized spacial score (nSPS) is 12.9. The molecule has 0 heterocycles. The van der Waals surface area contributed by atoms with Crippen molar-refractivity contribution in [3.63, 3.8) is 0 Å². The molecule has 0 aromatic rings. The molecule has 0 fully saturated rings. The van der Waals surface area contributed by atoms with E-state index in [0.717, 1.165) is 32.1 Å². The zero-order chi connectivity index (χ0) is 12.1. The lowest BCUT2D eigenvalue weighted by Crippen LogP contribution is -2.05. The van der Waals surface area contributed by atoms with Gasteiger partial charge < -0.3 is 10.2 Å². The molecule has 0 amide bonds. The molecule has 0 bridgehead atoms. The van der Waals surface area contributed by atoms with E-state index in [0.29, 0.717) is 6.61 Å². The molecule has 0 saturated carbocycles. The van der Waals surface area contributed by atoms with Crippen molar-refractivity contribution in [2.24, 2.45) is 0 Å². The number of hydrogen-bond donors (Lipinski definition) is 2. The fourth-order valence-electron chi connectivity index (χ4n) is 1.96. The molecule has 1 atom stereocenters. The summed E-state index contributed by atoms with van der Waals surface area (Å²) in [7, 11) is 0. The van der Waals surface area contributed by atoms with Gasteiger partial charge in [-0.25, -0.2) is 0 Å². The fourth-order valence-corrected chi connectivity index (χ4v) is 1.96. The average Bonchev–Trinajstić information content (AvgIpc) is 2.30. The van der Waals surface area contributed by atoms with Crippen molar-refractivity contribution < 1.29 is 10.2 Å². The molecule has 98 valence electrons. The van der Waals surface area contributed by atoms with Crippen LogP contribution >= 0.6 is 0 Å². The maximum Gasteiger partial charge on any atom is 0.0540 e. The first-order valence-corrected chi connectivity index (χ1v) is 7.10. The molecule has 2 heteroatoms. The Labute approximate surface area is 101 Å². The third kappa shape index (κ3) is 12.0. The Hall–Kier alpha value is -0.0800. The summed E-state index contributed by atoms with van der Waals surface area (Å²) in [6.07, 6.45) is 12.6. The molecule has 2 nitrogen and oxygen atoms in total. The second-order valence-corrected chi connectivity index (χ2v) is 4.78. The SMILES string of the molecule is CCCCC(O)CCCCCCCCCO. The average molecular weight is 230 g/mol. The number of hydrogen-bond acceptors (Lipinski definition) is 2. The maximum absolute atomic E-state index is 9.63. The predicted octanol–water partition coefficient (Wildman–Crippen LogP) is 3.65. The molecule has 0 aromatic heterocycles. The molecule has 0 rings (SSSR count). The standard InChI is InChI=1S/C14H30O2/c1-2-3-11-14(16)12-9-7-5-4-6-8-10-13-15/h14-16H,2-13H2,1H3. The minimum atomic E-state index is -0.0608. The molecule has 0 aliphatic rings. The fraction of sp³-hybridized carbons (Fsp3) is 1.00. The van der Waals surface area contributed by atoms with E-state index in [2.05, 4.69) is 6.92 Å². The van der Waals surface area contributed by atoms with Gasteiger partial charge >= 0.3 is 0 Å². The predicted molar refractivity (Wildman–Crippen MR) is 69.6 cm³/mol. The van der Waals surface area contributed by atoms with Crippen LogP contribution in [-0.2, 0) is 0 Å². The highest BCUT2D eigenvalue weighted by atomic mass is 16.3. The minimum Gasteiger partial charge on any atom is -0.396 e. The van der Waals surface area contributed by atoms with E-state index in [9.17, 15) is 5.11 Å². The molecule has 0 spiro atoms.